The molecule has 3 aromatic carbocycles. The van der Waals surface area contributed by atoms with Gasteiger partial charge < -0.3 is 14.7 Å². The number of hydrogen-bond acceptors (Lipinski definition) is 7. The number of aromatic hydroxyl groups is 1. The lowest BCUT2D eigenvalue weighted by Crippen LogP contribution is -2.23. The maximum Gasteiger partial charge on any atom is 0.342 e. The number of phenols is 1. The Kier molecular flexibility index (Phi) is 6.85. The van der Waals surface area contributed by atoms with Crippen LogP contribution in [-0.4, -0.2) is 33.4 Å². The number of anilines is 2. The van der Waals surface area contributed by atoms with E-state index in [0.29, 0.717) is 16.9 Å². The van der Waals surface area contributed by atoms with Crippen LogP contribution in [0.2, 0.25) is 0 Å². The molecular formula is C30H24N4O3. The van der Waals surface area contributed by atoms with E-state index in [9.17, 15) is 9.90 Å². The molecule has 5 aromatic rings. The van der Waals surface area contributed by atoms with Crippen LogP contribution in [0.4, 0.5) is 11.5 Å². The molecule has 0 saturated carbocycles. The largest absolute Gasteiger partial charge is 0.506 e. The highest BCUT2D eigenvalue weighted by atomic mass is 16.5. The van der Waals surface area contributed by atoms with Crippen LogP contribution in [0.15, 0.2) is 109 Å². The van der Waals surface area contributed by atoms with Gasteiger partial charge in [0.25, 0.3) is 0 Å². The first kappa shape index (κ1) is 23.7. The number of ether oxygens (including phenoxy) is 1. The number of para-hydroxylation sites is 2. The lowest BCUT2D eigenvalue weighted by molar-refractivity contribution is 0.0602. The Morgan fingerprint density at radius 1 is 0.811 bits per heavy atom. The van der Waals surface area contributed by atoms with E-state index in [4.69, 9.17) is 4.74 Å². The van der Waals surface area contributed by atoms with E-state index in [2.05, 4.69) is 15.2 Å². The third kappa shape index (κ3) is 4.88. The van der Waals surface area contributed by atoms with Gasteiger partial charge in [-0.15, -0.1) is 10.2 Å². The fourth-order valence-corrected chi connectivity index (χ4v) is 4.22. The lowest BCUT2D eigenvalue weighted by atomic mass is 9.94. The number of carbonyl (C=O) groups is 1. The van der Waals surface area contributed by atoms with Gasteiger partial charge in [0.2, 0.25) is 0 Å². The van der Waals surface area contributed by atoms with E-state index in [-0.39, 0.29) is 23.7 Å². The van der Waals surface area contributed by atoms with Crippen LogP contribution in [0.5, 0.6) is 5.75 Å². The summed E-state index contributed by atoms with van der Waals surface area (Å²) in [5, 5.41) is 20.0. The number of rotatable bonds is 7. The summed E-state index contributed by atoms with van der Waals surface area (Å²) in [4.78, 5) is 19.7. The van der Waals surface area contributed by atoms with Crippen molar-refractivity contribution in [3.05, 3.63) is 121 Å². The van der Waals surface area contributed by atoms with Crippen molar-refractivity contribution in [2.45, 2.75) is 6.54 Å². The van der Waals surface area contributed by atoms with Gasteiger partial charge in [-0.3, -0.25) is 4.98 Å². The number of benzene rings is 3. The van der Waals surface area contributed by atoms with Gasteiger partial charge in [-0.1, -0.05) is 78.9 Å². The van der Waals surface area contributed by atoms with Crippen molar-refractivity contribution in [3.8, 4) is 28.1 Å². The number of aromatic nitrogens is 3. The fourth-order valence-electron chi connectivity index (χ4n) is 4.22. The summed E-state index contributed by atoms with van der Waals surface area (Å²) in [6, 6.07) is 31.6. The quantitative estimate of drug-likeness (QED) is 0.280. The Morgan fingerprint density at radius 2 is 1.46 bits per heavy atom. The number of hydrogen-bond donors (Lipinski definition) is 1. The van der Waals surface area contributed by atoms with Crippen LogP contribution in [0.25, 0.3) is 22.4 Å². The monoisotopic (exact) mass is 488 g/mol. The summed E-state index contributed by atoms with van der Waals surface area (Å²) in [5.74, 6) is -0.288. The van der Waals surface area contributed by atoms with Gasteiger partial charge >= 0.3 is 5.97 Å². The second-order valence-corrected chi connectivity index (χ2v) is 8.24. The van der Waals surface area contributed by atoms with Crippen molar-refractivity contribution in [3.63, 3.8) is 0 Å². The zero-order chi connectivity index (χ0) is 25.6. The van der Waals surface area contributed by atoms with Gasteiger partial charge in [-0.25, -0.2) is 4.79 Å². The number of methoxy groups -OCH3 is 1. The number of pyridine rings is 1. The zero-order valence-corrected chi connectivity index (χ0v) is 20.2. The van der Waals surface area contributed by atoms with Crippen LogP contribution in [-0.2, 0) is 11.3 Å². The van der Waals surface area contributed by atoms with Gasteiger partial charge in [0.15, 0.2) is 5.82 Å². The third-order valence-electron chi connectivity index (χ3n) is 5.93. The molecule has 0 aliphatic rings. The molecule has 0 saturated heterocycles. The molecule has 0 unspecified atom stereocenters. The first-order valence-electron chi connectivity index (χ1n) is 11.7. The molecule has 2 heterocycles. The predicted molar refractivity (Wildman–Crippen MR) is 142 cm³/mol. The molecule has 182 valence electrons. The van der Waals surface area contributed by atoms with Crippen LogP contribution in [0.3, 0.4) is 0 Å². The summed E-state index contributed by atoms with van der Waals surface area (Å²) in [6.07, 6.45) is 1.69. The van der Waals surface area contributed by atoms with E-state index in [1.165, 1.54) is 7.11 Å². The number of phenolic OH excluding ortho intramolecular Hbond substituents is 1. The highest BCUT2D eigenvalue weighted by molar-refractivity contribution is 6.06. The molecular weight excluding hydrogens is 464 g/mol. The van der Waals surface area contributed by atoms with E-state index in [1.54, 1.807) is 29.3 Å². The average Bonchev–Trinajstić information content (AvgIpc) is 2.97. The third-order valence-corrected chi connectivity index (χ3v) is 5.93. The molecule has 0 radical (unpaired) electrons. The first-order chi connectivity index (χ1) is 18.2. The van der Waals surface area contributed by atoms with Crippen molar-refractivity contribution in [2.75, 3.05) is 12.0 Å². The second-order valence-electron chi connectivity index (χ2n) is 8.24. The van der Waals surface area contributed by atoms with Gasteiger partial charge in [-0.2, -0.15) is 0 Å². The fraction of sp³-hybridized carbons (Fsp3) is 0.0667. The molecule has 0 amide bonds. The number of nitrogens with zero attached hydrogens (tertiary/aromatic N) is 4. The Bertz CT molecular complexity index is 1510. The smallest absolute Gasteiger partial charge is 0.342 e. The maximum absolute atomic E-state index is 13.5. The van der Waals surface area contributed by atoms with Gasteiger partial charge in [-0.05, 0) is 29.8 Å². The molecule has 0 spiro atoms. The first-order valence-corrected chi connectivity index (χ1v) is 11.7. The molecule has 7 heteroatoms. The van der Waals surface area contributed by atoms with Crippen molar-refractivity contribution in [1.82, 2.24) is 15.2 Å². The van der Waals surface area contributed by atoms with Crippen molar-refractivity contribution in [1.29, 1.82) is 0 Å². The number of carbonyl (C=O) groups excluding carboxylic acids is 1. The van der Waals surface area contributed by atoms with Crippen LogP contribution >= 0.6 is 0 Å². The SMILES string of the molecule is COC(=O)c1c(N(Cc2ccccn2)c2ccccc2O)nnc(-c2ccccc2)c1-c1ccccc1. The average molecular weight is 489 g/mol. The summed E-state index contributed by atoms with van der Waals surface area (Å²) < 4.78 is 5.28. The minimum absolute atomic E-state index is 0.0319. The molecule has 5 rings (SSSR count). The second kappa shape index (κ2) is 10.7. The molecule has 0 aliphatic carbocycles. The molecule has 0 atom stereocenters. The zero-order valence-electron chi connectivity index (χ0n) is 20.2. The highest BCUT2D eigenvalue weighted by Crippen LogP contribution is 2.41. The Labute approximate surface area is 214 Å². The van der Waals surface area contributed by atoms with E-state index >= 15 is 0 Å². The molecule has 2 aromatic heterocycles. The molecule has 0 fully saturated rings. The van der Waals surface area contributed by atoms with Gasteiger partial charge in [0.1, 0.15) is 17.0 Å². The molecule has 7 nitrogen and oxygen atoms in total. The van der Waals surface area contributed by atoms with E-state index < -0.39 is 5.97 Å². The van der Waals surface area contributed by atoms with E-state index in [1.807, 2.05) is 84.9 Å². The van der Waals surface area contributed by atoms with Crippen LogP contribution in [0.1, 0.15) is 16.1 Å². The maximum atomic E-state index is 13.5. The Morgan fingerprint density at radius 3 is 2.11 bits per heavy atom. The summed E-state index contributed by atoms with van der Waals surface area (Å²) >= 11 is 0. The minimum atomic E-state index is -0.567. The van der Waals surface area contributed by atoms with Gasteiger partial charge in [0, 0.05) is 17.3 Å². The highest BCUT2D eigenvalue weighted by Gasteiger charge is 2.30. The summed E-state index contributed by atoms with van der Waals surface area (Å²) in [5.41, 5.74) is 4.14. The van der Waals surface area contributed by atoms with Gasteiger partial charge in [0.05, 0.1) is 25.0 Å². The predicted octanol–water partition coefficient (Wildman–Crippen LogP) is 6.04. The lowest BCUT2D eigenvalue weighted by Gasteiger charge is -2.27. The molecule has 0 bridgehead atoms. The normalized spacial score (nSPS) is 10.6. The Balaban J connectivity index is 1.82. The minimum Gasteiger partial charge on any atom is -0.506 e. The topological polar surface area (TPSA) is 88.4 Å². The van der Waals surface area contributed by atoms with E-state index in [0.717, 1.165) is 16.8 Å². The Hall–Kier alpha value is -5.04. The number of esters is 1. The van der Waals surface area contributed by atoms with Crippen LogP contribution in [0, 0.1) is 0 Å². The van der Waals surface area contributed by atoms with Crippen LogP contribution < -0.4 is 4.90 Å². The molecule has 1 N–H and O–H groups in total. The molecule has 0 aliphatic heterocycles. The standard InChI is InChI=1S/C30H24N4O3/c1-37-30(36)27-26(21-12-4-2-5-13-21)28(22-14-6-3-7-15-22)32-33-29(27)34(20-23-16-10-11-19-31-23)24-17-8-9-18-25(24)35/h2-19,35H,20H2,1H3. The summed E-state index contributed by atoms with van der Waals surface area (Å²) in [7, 11) is 1.34. The van der Waals surface area contributed by atoms with Crippen molar-refractivity contribution in [2.24, 2.45) is 0 Å². The van der Waals surface area contributed by atoms with Crippen molar-refractivity contribution >= 4 is 17.5 Å². The summed E-state index contributed by atoms with van der Waals surface area (Å²) in [6.45, 7) is 0.232. The van der Waals surface area contributed by atoms with Crippen molar-refractivity contribution < 1.29 is 14.6 Å². The molecule has 37 heavy (non-hydrogen) atoms.